The van der Waals surface area contributed by atoms with Crippen LogP contribution in [0.15, 0.2) is 61.1 Å². The molecule has 0 unspecified atom stereocenters. The Morgan fingerprint density at radius 1 is 1.17 bits per heavy atom. The van der Waals surface area contributed by atoms with E-state index >= 15 is 0 Å². The number of benzene rings is 2. The standard InChI is InChI=1S/C21H20FN5O2/c1-29-19-5-6-20-16(10-19)11-24-27(20)8-7-21(28)25-18-12-23-26(14-18)13-15-3-2-4-17(22)9-15/h2-6,9-12,14H,7-8,13H2,1H3,(H,25,28). The summed E-state index contributed by atoms with van der Waals surface area (Å²) in [5, 5.41) is 12.3. The Morgan fingerprint density at radius 3 is 2.90 bits per heavy atom. The van der Waals surface area contributed by atoms with Gasteiger partial charge in [0.1, 0.15) is 11.6 Å². The third-order valence-electron chi connectivity index (χ3n) is 4.55. The summed E-state index contributed by atoms with van der Waals surface area (Å²) in [7, 11) is 1.62. The molecular formula is C21H20FN5O2. The summed E-state index contributed by atoms with van der Waals surface area (Å²) in [6.45, 7) is 0.884. The lowest BCUT2D eigenvalue weighted by molar-refractivity contribution is -0.116. The van der Waals surface area contributed by atoms with Gasteiger partial charge in [0.25, 0.3) is 0 Å². The van der Waals surface area contributed by atoms with Gasteiger partial charge in [-0.1, -0.05) is 12.1 Å². The Bertz CT molecular complexity index is 1150. The number of nitrogens with zero attached hydrogens (tertiary/aromatic N) is 4. The van der Waals surface area contributed by atoms with E-state index in [2.05, 4.69) is 15.5 Å². The van der Waals surface area contributed by atoms with Crippen LogP contribution in [0.5, 0.6) is 5.75 Å². The topological polar surface area (TPSA) is 74.0 Å². The van der Waals surface area contributed by atoms with E-state index in [0.717, 1.165) is 22.2 Å². The molecule has 0 bridgehead atoms. The number of hydrogen-bond donors (Lipinski definition) is 1. The van der Waals surface area contributed by atoms with Crippen LogP contribution in [0.4, 0.5) is 10.1 Å². The molecule has 0 spiro atoms. The van der Waals surface area contributed by atoms with Crippen LogP contribution in [-0.4, -0.2) is 32.6 Å². The molecule has 0 aliphatic rings. The van der Waals surface area contributed by atoms with Gasteiger partial charge in [0, 0.05) is 18.0 Å². The molecule has 29 heavy (non-hydrogen) atoms. The van der Waals surface area contributed by atoms with E-state index in [1.807, 2.05) is 24.3 Å². The molecular weight excluding hydrogens is 373 g/mol. The SMILES string of the molecule is COc1ccc2c(cnn2CCC(=O)Nc2cnn(Cc3cccc(F)c3)c2)c1. The number of amides is 1. The van der Waals surface area contributed by atoms with Gasteiger partial charge in [-0.2, -0.15) is 10.2 Å². The second-order valence-electron chi connectivity index (χ2n) is 6.65. The number of rotatable bonds is 7. The minimum absolute atomic E-state index is 0.132. The molecule has 1 amide bonds. The summed E-state index contributed by atoms with van der Waals surface area (Å²) >= 11 is 0. The normalized spacial score (nSPS) is 11.0. The van der Waals surface area contributed by atoms with Gasteiger partial charge in [0.2, 0.25) is 5.91 Å². The molecule has 0 aliphatic carbocycles. The second kappa shape index (κ2) is 8.14. The Balaban J connectivity index is 1.34. The first-order valence-electron chi connectivity index (χ1n) is 9.17. The van der Waals surface area contributed by atoms with E-state index in [9.17, 15) is 9.18 Å². The largest absolute Gasteiger partial charge is 0.497 e. The molecule has 0 saturated carbocycles. The number of halogens is 1. The molecule has 7 nitrogen and oxygen atoms in total. The van der Waals surface area contributed by atoms with E-state index in [4.69, 9.17) is 4.74 Å². The lowest BCUT2D eigenvalue weighted by atomic mass is 10.2. The number of anilines is 1. The fourth-order valence-corrected chi connectivity index (χ4v) is 3.14. The monoisotopic (exact) mass is 393 g/mol. The first kappa shape index (κ1) is 18.7. The van der Waals surface area contributed by atoms with Crippen molar-refractivity contribution in [3.63, 3.8) is 0 Å². The molecule has 2 aromatic heterocycles. The summed E-state index contributed by atoms with van der Waals surface area (Å²) in [4.78, 5) is 12.3. The van der Waals surface area contributed by atoms with Gasteiger partial charge in [0.05, 0.1) is 43.8 Å². The van der Waals surface area contributed by atoms with Crippen molar-refractivity contribution in [3.8, 4) is 5.75 Å². The van der Waals surface area contributed by atoms with Gasteiger partial charge in [-0.3, -0.25) is 14.2 Å². The number of fused-ring (bicyclic) bond motifs is 1. The van der Waals surface area contributed by atoms with Crippen LogP contribution >= 0.6 is 0 Å². The zero-order valence-electron chi connectivity index (χ0n) is 15.9. The lowest BCUT2D eigenvalue weighted by Gasteiger charge is -2.05. The summed E-state index contributed by atoms with van der Waals surface area (Å²) in [5.41, 5.74) is 2.34. The molecule has 2 aromatic carbocycles. The lowest BCUT2D eigenvalue weighted by Crippen LogP contribution is -2.14. The second-order valence-corrected chi connectivity index (χ2v) is 6.65. The van der Waals surface area contributed by atoms with Crippen LogP contribution in [0.25, 0.3) is 10.9 Å². The Morgan fingerprint density at radius 2 is 2.07 bits per heavy atom. The van der Waals surface area contributed by atoms with E-state index in [0.29, 0.717) is 18.8 Å². The maximum Gasteiger partial charge on any atom is 0.226 e. The summed E-state index contributed by atoms with van der Waals surface area (Å²) in [6.07, 6.45) is 5.33. The molecule has 0 aliphatic heterocycles. The highest BCUT2D eigenvalue weighted by atomic mass is 19.1. The molecule has 4 rings (SSSR count). The zero-order chi connectivity index (χ0) is 20.2. The Hall–Kier alpha value is -3.68. The number of nitrogens with one attached hydrogen (secondary N) is 1. The third-order valence-corrected chi connectivity index (χ3v) is 4.55. The summed E-state index contributed by atoms with van der Waals surface area (Å²) in [6, 6.07) is 12.1. The smallest absolute Gasteiger partial charge is 0.226 e. The number of carbonyl (C=O) groups excluding carboxylic acids is 1. The van der Waals surface area contributed by atoms with Crippen molar-refractivity contribution in [1.29, 1.82) is 0 Å². The maximum absolute atomic E-state index is 13.3. The van der Waals surface area contributed by atoms with Gasteiger partial charge < -0.3 is 10.1 Å². The van der Waals surface area contributed by atoms with Crippen molar-refractivity contribution in [3.05, 3.63) is 72.4 Å². The van der Waals surface area contributed by atoms with Crippen LogP contribution in [0.1, 0.15) is 12.0 Å². The van der Waals surface area contributed by atoms with Crippen molar-refractivity contribution in [2.45, 2.75) is 19.5 Å². The van der Waals surface area contributed by atoms with Crippen molar-refractivity contribution in [2.24, 2.45) is 0 Å². The molecule has 148 valence electrons. The first-order chi connectivity index (χ1) is 14.1. The summed E-state index contributed by atoms with van der Waals surface area (Å²) in [5.74, 6) is 0.352. The van der Waals surface area contributed by atoms with E-state index < -0.39 is 0 Å². The van der Waals surface area contributed by atoms with E-state index in [1.54, 1.807) is 41.1 Å². The van der Waals surface area contributed by atoms with Gasteiger partial charge in [-0.15, -0.1) is 0 Å². The highest BCUT2D eigenvalue weighted by Crippen LogP contribution is 2.20. The first-order valence-corrected chi connectivity index (χ1v) is 9.17. The molecule has 2 heterocycles. The maximum atomic E-state index is 13.3. The molecule has 0 saturated heterocycles. The highest BCUT2D eigenvalue weighted by Gasteiger charge is 2.09. The van der Waals surface area contributed by atoms with Crippen LogP contribution in [0.3, 0.4) is 0 Å². The average molecular weight is 393 g/mol. The van der Waals surface area contributed by atoms with Crippen molar-refractivity contribution in [1.82, 2.24) is 19.6 Å². The number of aryl methyl sites for hydroxylation is 1. The fourth-order valence-electron chi connectivity index (χ4n) is 3.14. The van der Waals surface area contributed by atoms with Gasteiger partial charge in [-0.25, -0.2) is 4.39 Å². The summed E-state index contributed by atoms with van der Waals surface area (Å²) < 4.78 is 21.9. The van der Waals surface area contributed by atoms with Gasteiger partial charge in [-0.05, 0) is 35.9 Å². The number of ether oxygens (including phenoxy) is 1. The van der Waals surface area contributed by atoms with Crippen LogP contribution in [-0.2, 0) is 17.9 Å². The predicted molar refractivity (Wildman–Crippen MR) is 107 cm³/mol. The number of methoxy groups -OCH3 is 1. The van der Waals surface area contributed by atoms with Crippen molar-refractivity contribution in [2.75, 3.05) is 12.4 Å². The van der Waals surface area contributed by atoms with E-state index in [-0.39, 0.29) is 18.1 Å². The molecule has 8 heteroatoms. The molecule has 0 fully saturated rings. The number of aromatic nitrogens is 4. The van der Waals surface area contributed by atoms with E-state index in [1.165, 1.54) is 12.1 Å². The van der Waals surface area contributed by atoms with Crippen LogP contribution < -0.4 is 10.1 Å². The van der Waals surface area contributed by atoms with Crippen LogP contribution in [0, 0.1) is 5.82 Å². The Labute approximate surface area is 166 Å². The van der Waals surface area contributed by atoms with Crippen molar-refractivity contribution < 1.29 is 13.9 Å². The Kier molecular flexibility index (Phi) is 5.24. The molecule has 0 atom stereocenters. The fraction of sp³-hybridized carbons (Fsp3) is 0.190. The average Bonchev–Trinajstić information content (AvgIpc) is 3.32. The minimum atomic E-state index is -0.284. The number of carbonyl (C=O) groups is 1. The number of hydrogen-bond acceptors (Lipinski definition) is 4. The van der Waals surface area contributed by atoms with Crippen LogP contribution in [0.2, 0.25) is 0 Å². The molecule has 0 radical (unpaired) electrons. The predicted octanol–water partition coefficient (Wildman–Crippen LogP) is 3.46. The third kappa shape index (κ3) is 4.43. The zero-order valence-corrected chi connectivity index (χ0v) is 15.9. The van der Waals surface area contributed by atoms with Crippen molar-refractivity contribution >= 4 is 22.5 Å². The molecule has 4 aromatic rings. The minimum Gasteiger partial charge on any atom is -0.497 e. The molecule has 1 N–H and O–H groups in total. The van der Waals surface area contributed by atoms with Gasteiger partial charge in [0.15, 0.2) is 0 Å². The highest BCUT2D eigenvalue weighted by molar-refractivity contribution is 5.90. The van der Waals surface area contributed by atoms with Gasteiger partial charge >= 0.3 is 0 Å². The quantitative estimate of drug-likeness (QED) is 0.522.